The van der Waals surface area contributed by atoms with Gasteiger partial charge in [-0.05, 0) is 38.1 Å². The van der Waals surface area contributed by atoms with E-state index in [2.05, 4.69) is 15.3 Å². The molecular formula is C21H20FN3O3. The van der Waals surface area contributed by atoms with Crippen molar-refractivity contribution < 1.29 is 18.7 Å². The molecule has 0 radical (unpaired) electrons. The minimum atomic E-state index is -0.402. The standard InChI is InChI=1S/C21H20FN3O3/c1-14(2)27-19-9-8-15(12-24-19)20(26)25-13-16-5-4-10-23-21(16)28-18-7-3-6-17(22)11-18/h3-12,14H,13H2,1-2H3,(H,25,26). The van der Waals surface area contributed by atoms with Gasteiger partial charge in [0.15, 0.2) is 0 Å². The number of hydrogen-bond acceptors (Lipinski definition) is 5. The zero-order valence-electron chi connectivity index (χ0n) is 15.6. The van der Waals surface area contributed by atoms with Crippen molar-refractivity contribution in [2.45, 2.75) is 26.5 Å². The average molecular weight is 381 g/mol. The number of rotatable bonds is 7. The molecule has 0 spiro atoms. The molecule has 2 heterocycles. The first-order chi connectivity index (χ1) is 13.5. The van der Waals surface area contributed by atoms with Gasteiger partial charge in [0.25, 0.3) is 5.91 Å². The highest BCUT2D eigenvalue weighted by Gasteiger charge is 2.11. The van der Waals surface area contributed by atoms with Gasteiger partial charge in [0, 0.05) is 36.6 Å². The predicted molar refractivity (Wildman–Crippen MR) is 102 cm³/mol. The maximum atomic E-state index is 13.3. The van der Waals surface area contributed by atoms with E-state index in [1.807, 2.05) is 13.8 Å². The Balaban J connectivity index is 1.65. The zero-order valence-corrected chi connectivity index (χ0v) is 15.6. The Labute approximate surface area is 162 Å². The monoisotopic (exact) mass is 381 g/mol. The quantitative estimate of drug-likeness (QED) is 0.666. The predicted octanol–water partition coefficient (Wildman–Crippen LogP) is 4.13. The topological polar surface area (TPSA) is 73.3 Å². The molecule has 0 aliphatic heterocycles. The molecule has 1 N–H and O–H groups in total. The van der Waals surface area contributed by atoms with Crippen LogP contribution in [0.3, 0.4) is 0 Å². The maximum Gasteiger partial charge on any atom is 0.253 e. The third-order valence-electron chi connectivity index (χ3n) is 3.65. The molecule has 2 aromatic heterocycles. The number of pyridine rings is 2. The normalized spacial score (nSPS) is 10.6. The zero-order chi connectivity index (χ0) is 19.9. The summed E-state index contributed by atoms with van der Waals surface area (Å²) < 4.78 is 24.5. The average Bonchev–Trinajstić information content (AvgIpc) is 2.67. The van der Waals surface area contributed by atoms with Gasteiger partial charge in [0.1, 0.15) is 11.6 Å². The van der Waals surface area contributed by atoms with Gasteiger partial charge < -0.3 is 14.8 Å². The summed E-state index contributed by atoms with van der Waals surface area (Å²) in [5.74, 6) is 0.401. The molecule has 6 nitrogen and oxygen atoms in total. The Morgan fingerprint density at radius 3 is 2.71 bits per heavy atom. The first-order valence-electron chi connectivity index (χ1n) is 8.79. The van der Waals surface area contributed by atoms with E-state index in [1.54, 1.807) is 42.6 Å². The van der Waals surface area contributed by atoms with Gasteiger partial charge in [-0.3, -0.25) is 4.79 Å². The van der Waals surface area contributed by atoms with Crippen molar-refractivity contribution in [3.8, 4) is 17.5 Å². The van der Waals surface area contributed by atoms with Crippen molar-refractivity contribution in [1.29, 1.82) is 0 Å². The van der Waals surface area contributed by atoms with Crippen molar-refractivity contribution >= 4 is 5.91 Å². The molecule has 0 saturated heterocycles. The smallest absolute Gasteiger partial charge is 0.253 e. The Morgan fingerprint density at radius 1 is 1.14 bits per heavy atom. The van der Waals surface area contributed by atoms with Crippen LogP contribution in [0.2, 0.25) is 0 Å². The number of amides is 1. The van der Waals surface area contributed by atoms with Gasteiger partial charge in [-0.1, -0.05) is 12.1 Å². The lowest BCUT2D eigenvalue weighted by Gasteiger charge is -2.11. The fourth-order valence-electron chi connectivity index (χ4n) is 2.40. The fraction of sp³-hybridized carbons (Fsp3) is 0.190. The van der Waals surface area contributed by atoms with E-state index in [-0.39, 0.29) is 18.6 Å². The van der Waals surface area contributed by atoms with Crippen LogP contribution >= 0.6 is 0 Å². The lowest BCUT2D eigenvalue weighted by molar-refractivity contribution is 0.0950. The first-order valence-corrected chi connectivity index (χ1v) is 8.79. The Hall–Kier alpha value is -3.48. The van der Waals surface area contributed by atoms with Crippen molar-refractivity contribution in [2.24, 2.45) is 0 Å². The lowest BCUT2D eigenvalue weighted by atomic mass is 10.2. The lowest BCUT2D eigenvalue weighted by Crippen LogP contribution is -2.23. The highest BCUT2D eigenvalue weighted by Crippen LogP contribution is 2.23. The van der Waals surface area contributed by atoms with Gasteiger partial charge in [-0.2, -0.15) is 0 Å². The van der Waals surface area contributed by atoms with Crippen LogP contribution in [0.25, 0.3) is 0 Å². The molecule has 3 rings (SSSR count). The molecule has 1 aromatic carbocycles. The summed E-state index contributed by atoms with van der Waals surface area (Å²) in [6.45, 7) is 4.00. The number of carbonyl (C=O) groups excluding carboxylic acids is 1. The number of halogens is 1. The molecule has 0 unspecified atom stereocenters. The van der Waals surface area contributed by atoms with Crippen molar-refractivity contribution in [3.63, 3.8) is 0 Å². The van der Waals surface area contributed by atoms with E-state index in [0.29, 0.717) is 28.6 Å². The van der Waals surface area contributed by atoms with Gasteiger partial charge in [-0.25, -0.2) is 14.4 Å². The third-order valence-corrected chi connectivity index (χ3v) is 3.65. The summed E-state index contributed by atoms with van der Waals surface area (Å²) in [5.41, 5.74) is 1.07. The van der Waals surface area contributed by atoms with Crippen LogP contribution in [0.15, 0.2) is 60.9 Å². The van der Waals surface area contributed by atoms with Gasteiger partial charge >= 0.3 is 0 Å². The van der Waals surface area contributed by atoms with Crippen LogP contribution in [0.1, 0.15) is 29.8 Å². The summed E-state index contributed by atoms with van der Waals surface area (Å²) in [6, 6.07) is 12.6. The molecule has 0 fully saturated rings. The van der Waals surface area contributed by atoms with Crippen LogP contribution < -0.4 is 14.8 Å². The van der Waals surface area contributed by atoms with E-state index in [9.17, 15) is 9.18 Å². The third kappa shape index (κ3) is 5.26. The van der Waals surface area contributed by atoms with E-state index in [1.165, 1.54) is 18.3 Å². The molecule has 3 aromatic rings. The largest absolute Gasteiger partial charge is 0.475 e. The fourth-order valence-corrected chi connectivity index (χ4v) is 2.40. The van der Waals surface area contributed by atoms with Crippen molar-refractivity contribution in [1.82, 2.24) is 15.3 Å². The molecule has 144 valence electrons. The maximum absolute atomic E-state index is 13.3. The molecule has 0 aliphatic carbocycles. The van der Waals surface area contributed by atoms with Gasteiger partial charge in [0.05, 0.1) is 11.7 Å². The number of ether oxygens (including phenoxy) is 2. The molecule has 0 saturated carbocycles. The first kappa shape index (κ1) is 19.3. The summed E-state index contributed by atoms with van der Waals surface area (Å²) in [6.07, 6.45) is 3.03. The highest BCUT2D eigenvalue weighted by atomic mass is 19.1. The molecule has 28 heavy (non-hydrogen) atoms. The Kier molecular flexibility index (Phi) is 6.16. The minimum Gasteiger partial charge on any atom is -0.475 e. The number of carbonyl (C=O) groups is 1. The second-order valence-electron chi connectivity index (χ2n) is 6.26. The van der Waals surface area contributed by atoms with Crippen LogP contribution in [-0.4, -0.2) is 22.0 Å². The number of aromatic nitrogens is 2. The summed E-state index contributed by atoms with van der Waals surface area (Å²) in [4.78, 5) is 20.7. The summed E-state index contributed by atoms with van der Waals surface area (Å²) in [7, 11) is 0. The molecule has 0 atom stereocenters. The second-order valence-corrected chi connectivity index (χ2v) is 6.26. The van der Waals surface area contributed by atoms with E-state index in [0.717, 1.165) is 0 Å². The number of nitrogens with zero attached hydrogens (tertiary/aromatic N) is 2. The van der Waals surface area contributed by atoms with E-state index < -0.39 is 5.82 Å². The molecule has 0 aliphatic rings. The SMILES string of the molecule is CC(C)Oc1ccc(C(=O)NCc2cccnc2Oc2cccc(F)c2)cn1. The van der Waals surface area contributed by atoms with E-state index in [4.69, 9.17) is 9.47 Å². The molecule has 1 amide bonds. The number of nitrogens with one attached hydrogen (secondary N) is 1. The van der Waals surface area contributed by atoms with Gasteiger partial charge in [-0.15, -0.1) is 0 Å². The minimum absolute atomic E-state index is 0.00858. The van der Waals surface area contributed by atoms with E-state index >= 15 is 0 Å². The summed E-state index contributed by atoms with van der Waals surface area (Å²) >= 11 is 0. The second kappa shape index (κ2) is 8.94. The number of hydrogen-bond donors (Lipinski definition) is 1. The van der Waals surface area contributed by atoms with Crippen LogP contribution in [0, 0.1) is 5.82 Å². The van der Waals surface area contributed by atoms with Crippen LogP contribution in [0.4, 0.5) is 4.39 Å². The highest BCUT2D eigenvalue weighted by molar-refractivity contribution is 5.93. The van der Waals surface area contributed by atoms with Crippen LogP contribution in [-0.2, 0) is 6.54 Å². The van der Waals surface area contributed by atoms with Gasteiger partial charge in [0.2, 0.25) is 11.8 Å². The summed E-state index contributed by atoms with van der Waals surface area (Å²) in [5, 5.41) is 2.80. The Morgan fingerprint density at radius 2 is 2.00 bits per heavy atom. The molecule has 7 heteroatoms. The van der Waals surface area contributed by atoms with Crippen molar-refractivity contribution in [3.05, 3.63) is 77.9 Å². The number of benzene rings is 1. The molecule has 0 bridgehead atoms. The Bertz CT molecular complexity index is 946. The van der Waals surface area contributed by atoms with Crippen LogP contribution in [0.5, 0.6) is 17.5 Å². The van der Waals surface area contributed by atoms with Crippen molar-refractivity contribution in [2.75, 3.05) is 0 Å². The molecular weight excluding hydrogens is 361 g/mol.